The van der Waals surface area contributed by atoms with Gasteiger partial charge in [0.05, 0.1) is 10.5 Å². The van der Waals surface area contributed by atoms with Crippen LogP contribution in [-0.2, 0) is 10.0 Å². The highest BCUT2D eigenvalue weighted by Gasteiger charge is 2.27. The highest BCUT2D eigenvalue weighted by Crippen LogP contribution is 2.24. The van der Waals surface area contributed by atoms with Crippen molar-refractivity contribution >= 4 is 38.9 Å². The van der Waals surface area contributed by atoms with E-state index in [1.807, 2.05) is 0 Å². The second kappa shape index (κ2) is 8.98. The van der Waals surface area contributed by atoms with Crippen LogP contribution in [0, 0.1) is 11.7 Å². The topological polar surface area (TPSA) is 78.5 Å². The van der Waals surface area contributed by atoms with Gasteiger partial charge in [-0.25, -0.2) is 12.8 Å². The molecule has 29 heavy (non-hydrogen) atoms. The second-order valence-electron chi connectivity index (χ2n) is 7.00. The third kappa shape index (κ3) is 5.17. The number of hydrogen-bond donors (Lipinski definition) is 2. The minimum absolute atomic E-state index is 0.0149. The van der Waals surface area contributed by atoms with E-state index >= 15 is 0 Å². The maximum absolute atomic E-state index is 13.7. The first-order chi connectivity index (χ1) is 13.8. The number of anilines is 1. The molecule has 2 aromatic rings. The standard InChI is InChI=1S/C20H22FN3O3S2/c1-14-10-12-24(13-11-14)29(26,27)16-8-6-15(7-9-16)22-20(28)23-19(25)17-4-2-3-5-18(17)21/h2-9,14H,10-13H2,1H3,(H2,22,23,25,28). The molecule has 2 N–H and O–H groups in total. The highest BCUT2D eigenvalue weighted by molar-refractivity contribution is 7.89. The van der Waals surface area contributed by atoms with E-state index in [1.165, 1.54) is 34.6 Å². The third-order valence-corrected chi connectivity index (χ3v) is 6.96. The average Bonchev–Trinajstić information content (AvgIpc) is 2.69. The Morgan fingerprint density at radius 2 is 1.72 bits per heavy atom. The summed E-state index contributed by atoms with van der Waals surface area (Å²) in [4.78, 5) is 12.3. The molecule has 1 aliphatic rings. The molecule has 0 spiro atoms. The molecule has 2 aromatic carbocycles. The van der Waals surface area contributed by atoms with Gasteiger partial charge in [0.15, 0.2) is 5.11 Å². The molecule has 1 heterocycles. The summed E-state index contributed by atoms with van der Waals surface area (Å²) in [5.74, 6) is -0.776. The molecule has 1 aliphatic heterocycles. The fraction of sp³-hybridized carbons (Fsp3) is 0.300. The Hall–Kier alpha value is -2.36. The van der Waals surface area contributed by atoms with Crippen LogP contribution in [-0.4, -0.2) is 36.8 Å². The number of nitrogens with zero attached hydrogens (tertiary/aromatic N) is 1. The fourth-order valence-corrected chi connectivity index (χ4v) is 4.74. The Kier molecular flexibility index (Phi) is 6.61. The Morgan fingerprint density at radius 1 is 1.10 bits per heavy atom. The van der Waals surface area contributed by atoms with Gasteiger partial charge in [-0.3, -0.25) is 10.1 Å². The molecule has 0 saturated carbocycles. The first-order valence-corrected chi connectivity index (χ1v) is 11.1. The lowest BCUT2D eigenvalue weighted by atomic mass is 10.0. The lowest BCUT2D eigenvalue weighted by Crippen LogP contribution is -2.37. The third-order valence-electron chi connectivity index (χ3n) is 4.84. The van der Waals surface area contributed by atoms with Gasteiger partial charge in [-0.2, -0.15) is 4.31 Å². The normalized spacial score (nSPS) is 15.7. The number of benzene rings is 2. The molecular formula is C20H22FN3O3S2. The van der Waals surface area contributed by atoms with E-state index in [4.69, 9.17) is 12.2 Å². The second-order valence-corrected chi connectivity index (χ2v) is 9.35. The minimum Gasteiger partial charge on any atom is -0.332 e. The highest BCUT2D eigenvalue weighted by atomic mass is 32.2. The zero-order chi connectivity index (χ0) is 21.0. The molecule has 1 fully saturated rings. The van der Waals surface area contributed by atoms with Crippen LogP contribution in [0.2, 0.25) is 0 Å². The van der Waals surface area contributed by atoms with E-state index < -0.39 is 21.7 Å². The molecule has 3 rings (SSSR count). The van der Waals surface area contributed by atoms with E-state index in [0.29, 0.717) is 24.7 Å². The lowest BCUT2D eigenvalue weighted by Gasteiger charge is -2.29. The summed E-state index contributed by atoms with van der Waals surface area (Å²) < 4.78 is 40.7. The molecular weight excluding hydrogens is 413 g/mol. The monoisotopic (exact) mass is 435 g/mol. The number of rotatable bonds is 4. The van der Waals surface area contributed by atoms with E-state index in [1.54, 1.807) is 18.2 Å². The summed E-state index contributed by atoms with van der Waals surface area (Å²) in [5, 5.41) is 5.18. The molecule has 154 valence electrons. The number of nitrogens with one attached hydrogen (secondary N) is 2. The van der Waals surface area contributed by atoms with Gasteiger partial charge in [0.1, 0.15) is 5.82 Å². The molecule has 1 saturated heterocycles. The zero-order valence-electron chi connectivity index (χ0n) is 15.9. The Balaban J connectivity index is 1.62. The molecule has 6 nitrogen and oxygen atoms in total. The summed E-state index contributed by atoms with van der Waals surface area (Å²) in [6, 6.07) is 11.7. The molecule has 0 bridgehead atoms. The van der Waals surface area contributed by atoms with Crippen LogP contribution in [0.5, 0.6) is 0 Å². The van der Waals surface area contributed by atoms with Gasteiger partial charge >= 0.3 is 0 Å². The van der Waals surface area contributed by atoms with Crippen LogP contribution in [0.25, 0.3) is 0 Å². The van der Waals surface area contributed by atoms with Crippen molar-refractivity contribution in [3.05, 3.63) is 59.9 Å². The molecule has 9 heteroatoms. The predicted octanol–water partition coefficient (Wildman–Crippen LogP) is 3.37. The quantitative estimate of drug-likeness (QED) is 0.720. The Labute approximate surface area is 175 Å². The van der Waals surface area contributed by atoms with Crippen molar-refractivity contribution in [1.29, 1.82) is 0 Å². The SMILES string of the molecule is CC1CCN(S(=O)(=O)c2ccc(NC(=S)NC(=O)c3ccccc3F)cc2)CC1. The van der Waals surface area contributed by atoms with Crippen molar-refractivity contribution in [3.8, 4) is 0 Å². The largest absolute Gasteiger partial charge is 0.332 e. The van der Waals surface area contributed by atoms with Gasteiger partial charge in [0, 0.05) is 18.8 Å². The molecule has 0 aliphatic carbocycles. The average molecular weight is 436 g/mol. The summed E-state index contributed by atoms with van der Waals surface area (Å²) in [6.07, 6.45) is 1.71. The van der Waals surface area contributed by atoms with E-state index in [2.05, 4.69) is 17.6 Å². The van der Waals surface area contributed by atoms with Gasteiger partial charge in [0.2, 0.25) is 10.0 Å². The maximum atomic E-state index is 13.7. The number of halogens is 1. The summed E-state index contributed by atoms with van der Waals surface area (Å²) in [5.41, 5.74) is 0.393. The Bertz CT molecular complexity index is 1000. The van der Waals surface area contributed by atoms with Crippen molar-refractivity contribution in [3.63, 3.8) is 0 Å². The number of piperidine rings is 1. The smallest absolute Gasteiger partial charge is 0.260 e. The van der Waals surface area contributed by atoms with Crippen LogP contribution < -0.4 is 10.6 Å². The van der Waals surface area contributed by atoms with Crippen LogP contribution in [0.4, 0.5) is 10.1 Å². The lowest BCUT2D eigenvalue weighted by molar-refractivity contribution is 0.0974. The van der Waals surface area contributed by atoms with E-state index in [-0.39, 0.29) is 15.6 Å². The van der Waals surface area contributed by atoms with Crippen molar-refractivity contribution < 1.29 is 17.6 Å². The van der Waals surface area contributed by atoms with Gasteiger partial charge in [0.25, 0.3) is 5.91 Å². The van der Waals surface area contributed by atoms with E-state index in [9.17, 15) is 17.6 Å². The van der Waals surface area contributed by atoms with Gasteiger partial charge in [-0.05, 0) is 67.4 Å². The molecule has 0 unspecified atom stereocenters. The number of thiocarbonyl (C=S) groups is 1. The van der Waals surface area contributed by atoms with Crippen molar-refractivity contribution in [2.75, 3.05) is 18.4 Å². The van der Waals surface area contributed by atoms with Crippen molar-refractivity contribution in [2.45, 2.75) is 24.7 Å². The molecule has 0 aromatic heterocycles. The maximum Gasteiger partial charge on any atom is 0.260 e. The summed E-state index contributed by atoms with van der Waals surface area (Å²) >= 11 is 5.08. The molecule has 0 atom stereocenters. The van der Waals surface area contributed by atoms with Crippen LogP contribution in [0.3, 0.4) is 0 Å². The Morgan fingerprint density at radius 3 is 2.34 bits per heavy atom. The first-order valence-electron chi connectivity index (χ1n) is 9.24. The zero-order valence-corrected chi connectivity index (χ0v) is 17.5. The van der Waals surface area contributed by atoms with Gasteiger partial charge < -0.3 is 5.32 Å². The minimum atomic E-state index is -3.53. The number of sulfonamides is 1. The number of carbonyl (C=O) groups excluding carboxylic acids is 1. The summed E-state index contributed by atoms with van der Waals surface area (Å²) in [6.45, 7) is 3.17. The van der Waals surface area contributed by atoms with Crippen molar-refractivity contribution in [2.24, 2.45) is 5.92 Å². The number of carbonyl (C=O) groups is 1. The fourth-order valence-electron chi connectivity index (χ4n) is 3.06. The van der Waals surface area contributed by atoms with Gasteiger partial charge in [-0.15, -0.1) is 0 Å². The van der Waals surface area contributed by atoms with E-state index in [0.717, 1.165) is 12.8 Å². The predicted molar refractivity (Wildman–Crippen MR) is 114 cm³/mol. The molecule has 0 radical (unpaired) electrons. The molecule has 1 amide bonds. The van der Waals surface area contributed by atoms with Gasteiger partial charge in [-0.1, -0.05) is 19.1 Å². The number of amides is 1. The van der Waals surface area contributed by atoms with Crippen molar-refractivity contribution in [1.82, 2.24) is 9.62 Å². The summed E-state index contributed by atoms with van der Waals surface area (Å²) in [7, 11) is -3.53. The first kappa shape index (κ1) is 21.4. The number of hydrogen-bond acceptors (Lipinski definition) is 4. The van der Waals surface area contributed by atoms with Crippen LogP contribution >= 0.6 is 12.2 Å². The van der Waals surface area contributed by atoms with Crippen LogP contribution in [0.15, 0.2) is 53.4 Å². The van der Waals surface area contributed by atoms with Crippen LogP contribution in [0.1, 0.15) is 30.1 Å².